The highest BCUT2D eigenvalue weighted by atomic mass is 16.3. The van der Waals surface area contributed by atoms with Crippen molar-refractivity contribution in [1.29, 1.82) is 0 Å². The number of benzene rings is 4. The zero-order valence-electron chi connectivity index (χ0n) is 23.3. The molecule has 0 spiro atoms. The molecule has 0 amide bonds. The molecule has 0 fully saturated rings. The van der Waals surface area contributed by atoms with Gasteiger partial charge in [0.25, 0.3) is 0 Å². The molecule has 0 bridgehead atoms. The fourth-order valence-electron chi connectivity index (χ4n) is 7.34. The molecule has 3 heteroatoms. The predicted molar refractivity (Wildman–Crippen MR) is 171 cm³/mol. The molecule has 2 aliphatic rings. The normalized spacial score (nSPS) is 18.1. The second-order valence-electron chi connectivity index (χ2n) is 11.9. The number of fused-ring (bicyclic) bond motifs is 9. The van der Waals surface area contributed by atoms with Crippen molar-refractivity contribution < 1.29 is 4.42 Å². The van der Waals surface area contributed by atoms with Crippen molar-refractivity contribution in [2.24, 2.45) is 11.8 Å². The highest BCUT2D eigenvalue weighted by Gasteiger charge is 2.24. The van der Waals surface area contributed by atoms with Gasteiger partial charge in [-0.2, -0.15) is 0 Å². The molecule has 0 aliphatic heterocycles. The lowest BCUT2D eigenvalue weighted by atomic mass is 9.93. The summed E-state index contributed by atoms with van der Waals surface area (Å²) in [6, 6.07) is 30.9. The number of para-hydroxylation sites is 3. The molecule has 0 saturated carbocycles. The summed E-state index contributed by atoms with van der Waals surface area (Å²) in [5.41, 5.74) is 12.1. The van der Waals surface area contributed by atoms with E-state index >= 15 is 0 Å². The fourth-order valence-corrected chi connectivity index (χ4v) is 7.34. The molecule has 41 heavy (non-hydrogen) atoms. The number of nitrogens with zero attached hydrogens (tertiary/aromatic N) is 2. The SMILES string of the molecule is CC1C=Cc2c(c3ccccc3n2-c2cccc3c2oc2ccc(-n4c5c(c6ccccc64)C=CC(C)C5)cc23)C1. The number of hydrogen-bond acceptors (Lipinski definition) is 1. The average molecular weight is 531 g/mol. The van der Waals surface area contributed by atoms with Crippen LogP contribution in [0.5, 0.6) is 0 Å². The van der Waals surface area contributed by atoms with Crippen molar-refractivity contribution in [3.8, 4) is 11.4 Å². The molecule has 9 rings (SSSR count). The third kappa shape index (κ3) is 3.20. The van der Waals surface area contributed by atoms with E-state index in [2.05, 4.69) is 132 Å². The van der Waals surface area contributed by atoms with Crippen LogP contribution in [-0.2, 0) is 12.8 Å². The smallest absolute Gasteiger partial charge is 0.159 e. The lowest BCUT2D eigenvalue weighted by Gasteiger charge is -2.17. The zero-order chi connectivity index (χ0) is 27.2. The predicted octanol–water partition coefficient (Wildman–Crippen LogP) is 9.88. The van der Waals surface area contributed by atoms with Crippen LogP contribution < -0.4 is 0 Å². The second-order valence-corrected chi connectivity index (χ2v) is 11.9. The summed E-state index contributed by atoms with van der Waals surface area (Å²) in [6.07, 6.45) is 11.4. The van der Waals surface area contributed by atoms with Gasteiger partial charge in [0.15, 0.2) is 5.58 Å². The van der Waals surface area contributed by atoms with Gasteiger partial charge >= 0.3 is 0 Å². The molecule has 2 atom stereocenters. The van der Waals surface area contributed by atoms with Gasteiger partial charge in [-0.15, -0.1) is 0 Å². The summed E-state index contributed by atoms with van der Waals surface area (Å²) in [7, 11) is 0. The van der Waals surface area contributed by atoms with Crippen LogP contribution in [0.2, 0.25) is 0 Å². The fraction of sp³-hybridized carbons (Fsp3) is 0.158. The van der Waals surface area contributed by atoms with Crippen LogP contribution in [0.15, 0.2) is 101 Å². The van der Waals surface area contributed by atoms with E-state index in [-0.39, 0.29) is 0 Å². The Bertz CT molecular complexity index is 2250. The lowest BCUT2D eigenvalue weighted by molar-refractivity contribution is 0.665. The van der Waals surface area contributed by atoms with E-state index in [1.807, 2.05) is 0 Å². The van der Waals surface area contributed by atoms with Crippen molar-refractivity contribution >= 4 is 55.9 Å². The third-order valence-electron chi connectivity index (χ3n) is 9.21. The first-order valence-corrected chi connectivity index (χ1v) is 14.7. The van der Waals surface area contributed by atoms with Crippen LogP contribution in [0.1, 0.15) is 36.4 Å². The van der Waals surface area contributed by atoms with Crippen LogP contribution in [0.3, 0.4) is 0 Å². The Balaban J connectivity index is 1.30. The van der Waals surface area contributed by atoms with E-state index in [1.165, 1.54) is 50.0 Å². The largest absolute Gasteiger partial charge is 0.454 e. The Kier molecular flexibility index (Phi) is 4.70. The van der Waals surface area contributed by atoms with Crippen molar-refractivity contribution in [3.05, 3.63) is 120 Å². The molecule has 2 aliphatic carbocycles. The molecule has 3 aromatic heterocycles. The number of rotatable bonds is 2. The molecular formula is C38H30N2O. The Labute approximate surface area is 238 Å². The number of furan rings is 1. The quantitative estimate of drug-likeness (QED) is 0.218. The highest BCUT2D eigenvalue weighted by molar-refractivity contribution is 6.09. The molecule has 7 aromatic rings. The van der Waals surface area contributed by atoms with Gasteiger partial charge in [-0.05, 0) is 72.7 Å². The van der Waals surface area contributed by atoms with Crippen LogP contribution in [0, 0.1) is 11.8 Å². The number of allylic oxidation sites excluding steroid dienone is 2. The lowest BCUT2D eigenvalue weighted by Crippen LogP contribution is -2.08. The minimum absolute atomic E-state index is 0.519. The number of hydrogen-bond donors (Lipinski definition) is 0. The van der Waals surface area contributed by atoms with E-state index < -0.39 is 0 Å². The van der Waals surface area contributed by atoms with Gasteiger partial charge in [0.2, 0.25) is 0 Å². The Hall–Kier alpha value is -4.76. The maximum Gasteiger partial charge on any atom is 0.159 e. The first kappa shape index (κ1) is 23.0. The molecule has 4 aromatic carbocycles. The van der Waals surface area contributed by atoms with Crippen LogP contribution >= 0.6 is 0 Å². The van der Waals surface area contributed by atoms with Crippen molar-refractivity contribution in [1.82, 2.24) is 9.13 Å². The van der Waals surface area contributed by atoms with Gasteiger partial charge in [-0.1, -0.05) is 80.6 Å². The Morgan fingerprint density at radius 1 is 0.659 bits per heavy atom. The van der Waals surface area contributed by atoms with Crippen molar-refractivity contribution in [3.63, 3.8) is 0 Å². The molecule has 3 nitrogen and oxygen atoms in total. The molecular weight excluding hydrogens is 500 g/mol. The summed E-state index contributed by atoms with van der Waals surface area (Å²) < 4.78 is 11.6. The summed E-state index contributed by atoms with van der Waals surface area (Å²) in [5.74, 6) is 1.06. The van der Waals surface area contributed by atoms with Gasteiger partial charge in [-0.25, -0.2) is 0 Å². The summed E-state index contributed by atoms with van der Waals surface area (Å²) in [4.78, 5) is 0. The zero-order valence-corrected chi connectivity index (χ0v) is 23.3. The topological polar surface area (TPSA) is 23.0 Å². The molecule has 198 valence electrons. The average Bonchev–Trinajstić information content (AvgIpc) is 3.64. The maximum absolute atomic E-state index is 6.69. The van der Waals surface area contributed by atoms with E-state index in [4.69, 9.17) is 4.42 Å². The first-order valence-electron chi connectivity index (χ1n) is 14.7. The first-order chi connectivity index (χ1) is 20.2. The highest BCUT2D eigenvalue weighted by Crippen LogP contribution is 2.41. The van der Waals surface area contributed by atoms with Gasteiger partial charge in [0, 0.05) is 44.2 Å². The van der Waals surface area contributed by atoms with Crippen molar-refractivity contribution in [2.75, 3.05) is 0 Å². The maximum atomic E-state index is 6.69. The Morgan fingerprint density at radius 3 is 2.27 bits per heavy atom. The van der Waals surface area contributed by atoms with Crippen molar-refractivity contribution in [2.45, 2.75) is 26.7 Å². The minimum atomic E-state index is 0.519. The monoisotopic (exact) mass is 530 g/mol. The van der Waals surface area contributed by atoms with E-state index in [0.29, 0.717) is 11.8 Å². The van der Waals surface area contributed by atoms with Crippen LogP contribution in [0.25, 0.3) is 67.3 Å². The summed E-state index contributed by atoms with van der Waals surface area (Å²) in [6.45, 7) is 4.60. The number of aromatic nitrogens is 2. The summed E-state index contributed by atoms with van der Waals surface area (Å²) in [5, 5.41) is 4.95. The minimum Gasteiger partial charge on any atom is -0.454 e. The van der Waals surface area contributed by atoms with Gasteiger partial charge in [0.05, 0.1) is 16.7 Å². The standard InChI is InChI=1S/C38H30N2O/c1-23-15-18-34-30(20-23)27-9-4-6-12-33(27)40(34)35-13-7-10-29-31-22-25(16-19-37(31)41-38(29)35)39-32-11-5-3-8-26(32)28-17-14-24(2)21-36(28)39/h3-19,22-24H,20-21H2,1-2H3. The van der Waals surface area contributed by atoms with E-state index in [1.54, 1.807) is 0 Å². The van der Waals surface area contributed by atoms with E-state index in [9.17, 15) is 0 Å². The molecule has 0 radical (unpaired) electrons. The molecule has 0 N–H and O–H groups in total. The third-order valence-corrected chi connectivity index (χ3v) is 9.21. The van der Waals surface area contributed by atoms with E-state index in [0.717, 1.165) is 40.5 Å². The molecule has 0 saturated heterocycles. The summed E-state index contributed by atoms with van der Waals surface area (Å²) >= 11 is 0. The van der Waals surface area contributed by atoms with Gasteiger partial charge in [-0.3, -0.25) is 0 Å². The van der Waals surface area contributed by atoms with Crippen LogP contribution in [-0.4, -0.2) is 9.13 Å². The Morgan fingerprint density at radius 2 is 1.39 bits per heavy atom. The second kappa shape index (κ2) is 8.37. The molecule has 3 heterocycles. The van der Waals surface area contributed by atoms with Crippen LogP contribution in [0.4, 0.5) is 0 Å². The molecule has 2 unspecified atom stereocenters. The van der Waals surface area contributed by atoms with Gasteiger partial charge < -0.3 is 13.6 Å². The van der Waals surface area contributed by atoms with Gasteiger partial charge in [0.1, 0.15) is 5.58 Å².